The van der Waals surface area contributed by atoms with Crippen LogP contribution >= 0.6 is 0 Å². The summed E-state index contributed by atoms with van der Waals surface area (Å²) in [5.41, 5.74) is 6.68. The number of carbonyl (C=O) groups is 2. The molecule has 1 aromatic carbocycles. The van der Waals surface area contributed by atoms with Gasteiger partial charge in [-0.2, -0.15) is 0 Å². The number of hydrogen-bond acceptors (Lipinski definition) is 3. The van der Waals surface area contributed by atoms with Crippen molar-refractivity contribution in [2.24, 2.45) is 11.7 Å². The number of carbonyl (C=O) groups excluding carboxylic acids is 2. The van der Waals surface area contributed by atoms with Gasteiger partial charge in [-0.05, 0) is 37.1 Å². The summed E-state index contributed by atoms with van der Waals surface area (Å²) in [6.45, 7) is 2.32. The second-order valence-electron chi connectivity index (χ2n) is 5.30. The van der Waals surface area contributed by atoms with Gasteiger partial charge in [0.1, 0.15) is 0 Å². The molecule has 5 heteroatoms. The molecule has 0 radical (unpaired) electrons. The molecule has 1 atom stereocenters. The van der Waals surface area contributed by atoms with E-state index in [-0.39, 0.29) is 11.8 Å². The van der Waals surface area contributed by atoms with Crippen LogP contribution in [0.25, 0.3) is 0 Å². The molecule has 1 aromatic rings. The van der Waals surface area contributed by atoms with Gasteiger partial charge in [-0.3, -0.25) is 9.59 Å². The van der Waals surface area contributed by atoms with Crippen LogP contribution in [0, 0.1) is 5.92 Å². The molecular weight excluding hydrogens is 254 g/mol. The molecule has 0 aliphatic carbocycles. The lowest BCUT2D eigenvalue weighted by atomic mass is 9.98. The Hall–Kier alpha value is -1.88. The van der Waals surface area contributed by atoms with Gasteiger partial charge in [-0.1, -0.05) is 12.1 Å². The van der Waals surface area contributed by atoms with Crippen molar-refractivity contribution < 1.29 is 9.59 Å². The molecule has 20 heavy (non-hydrogen) atoms. The minimum absolute atomic E-state index is 0.0821. The number of nitrogens with two attached hydrogens (primary N) is 1. The first-order valence-corrected chi connectivity index (χ1v) is 6.92. The minimum atomic E-state index is -0.436. The van der Waals surface area contributed by atoms with Gasteiger partial charge in [0.2, 0.25) is 11.8 Å². The van der Waals surface area contributed by atoms with Gasteiger partial charge >= 0.3 is 0 Å². The lowest BCUT2D eigenvalue weighted by molar-refractivity contribution is -0.135. The maximum Gasteiger partial charge on any atom is 0.248 e. The Morgan fingerprint density at radius 2 is 2.05 bits per heavy atom. The van der Waals surface area contributed by atoms with Crippen LogP contribution in [-0.4, -0.2) is 36.9 Å². The lowest BCUT2D eigenvalue weighted by Crippen LogP contribution is -2.41. The topological polar surface area (TPSA) is 75.4 Å². The van der Waals surface area contributed by atoms with Crippen LogP contribution in [0.5, 0.6) is 0 Å². The molecule has 5 nitrogen and oxygen atoms in total. The number of amides is 2. The highest BCUT2D eigenvalue weighted by molar-refractivity contribution is 5.92. The van der Waals surface area contributed by atoms with Gasteiger partial charge in [0.15, 0.2) is 0 Å². The quantitative estimate of drug-likeness (QED) is 0.851. The van der Waals surface area contributed by atoms with E-state index in [1.807, 2.05) is 19.2 Å². The predicted octanol–water partition coefficient (Wildman–Crippen LogP) is 0.744. The number of piperidine rings is 1. The zero-order chi connectivity index (χ0) is 14.5. The first-order chi connectivity index (χ1) is 9.58. The van der Waals surface area contributed by atoms with Crippen molar-refractivity contribution in [2.75, 3.05) is 20.1 Å². The third-order valence-corrected chi connectivity index (χ3v) is 3.68. The molecule has 0 saturated carbocycles. The van der Waals surface area contributed by atoms with Gasteiger partial charge in [0.05, 0.1) is 5.92 Å². The Morgan fingerprint density at radius 1 is 1.35 bits per heavy atom. The van der Waals surface area contributed by atoms with Crippen LogP contribution in [0.1, 0.15) is 28.8 Å². The number of nitrogens with zero attached hydrogens (tertiary/aromatic N) is 1. The van der Waals surface area contributed by atoms with Crippen molar-refractivity contribution in [3.8, 4) is 0 Å². The van der Waals surface area contributed by atoms with E-state index in [1.165, 1.54) is 0 Å². The van der Waals surface area contributed by atoms with Crippen molar-refractivity contribution in [1.29, 1.82) is 0 Å². The number of benzene rings is 1. The molecule has 0 spiro atoms. The minimum Gasteiger partial charge on any atom is -0.366 e. The van der Waals surface area contributed by atoms with Crippen molar-refractivity contribution in [3.05, 3.63) is 35.4 Å². The Morgan fingerprint density at radius 3 is 2.60 bits per heavy atom. The zero-order valence-electron chi connectivity index (χ0n) is 11.8. The average Bonchev–Trinajstić information content (AvgIpc) is 2.48. The molecule has 3 N–H and O–H groups in total. The Balaban J connectivity index is 1.94. The predicted molar refractivity (Wildman–Crippen MR) is 77.0 cm³/mol. The average molecular weight is 275 g/mol. The Bertz CT molecular complexity index is 478. The standard InChI is InChI=1S/C15H21N3O2/c1-18(15(20)13-3-2-8-17-9-13)10-11-4-6-12(7-5-11)14(16)19/h4-7,13,17H,2-3,8-10H2,1H3,(H2,16,19)/t13-/m0/s1. The summed E-state index contributed by atoms with van der Waals surface area (Å²) >= 11 is 0. The summed E-state index contributed by atoms with van der Waals surface area (Å²) in [7, 11) is 1.82. The zero-order valence-corrected chi connectivity index (χ0v) is 11.8. The smallest absolute Gasteiger partial charge is 0.248 e. The highest BCUT2D eigenvalue weighted by Gasteiger charge is 2.23. The first kappa shape index (κ1) is 14.5. The molecule has 0 aromatic heterocycles. The van der Waals surface area contributed by atoms with E-state index in [1.54, 1.807) is 17.0 Å². The van der Waals surface area contributed by atoms with Crippen LogP contribution in [0.4, 0.5) is 0 Å². The number of hydrogen-bond donors (Lipinski definition) is 2. The maximum absolute atomic E-state index is 12.3. The highest BCUT2D eigenvalue weighted by Crippen LogP contribution is 2.14. The SMILES string of the molecule is CN(Cc1ccc(C(N)=O)cc1)C(=O)[C@H]1CCCNC1. The van der Waals surface area contributed by atoms with Gasteiger partial charge in [0, 0.05) is 25.7 Å². The van der Waals surface area contributed by atoms with Gasteiger partial charge in [-0.25, -0.2) is 0 Å². The summed E-state index contributed by atoms with van der Waals surface area (Å²) in [4.78, 5) is 25.0. The second kappa shape index (κ2) is 6.52. The fourth-order valence-corrected chi connectivity index (χ4v) is 2.50. The molecule has 1 saturated heterocycles. The van der Waals surface area contributed by atoms with Crippen molar-refractivity contribution in [1.82, 2.24) is 10.2 Å². The molecule has 1 aliphatic heterocycles. The molecule has 2 amide bonds. The van der Waals surface area contributed by atoms with Crippen molar-refractivity contribution in [3.63, 3.8) is 0 Å². The largest absolute Gasteiger partial charge is 0.366 e. The van der Waals surface area contributed by atoms with Crippen LogP contribution in [0.15, 0.2) is 24.3 Å². The lowest BCUT2D eigenvalue weighted by Gasteiger charge is -2.27. The fourth-order valence-electron chi connectivity index (χ4n) is 2.50. The van der Waals surface area contributed by atoms with Gasteiger partial charge in [0.25, 0.3) is 0 Å². The Labute approximate surface area is 119 Å². The van der Waals surface area contributed by atoms with Crippen LogP contribution in [0.2, 0.25) is 0 Å². The third-order valence-electron chi connectivity index (χ3n) is 3.68. The highest BCUT2D eigenvalue weighted by atomic mass is 16.2. The molecule has 1 heterocycles. The van der Waals surface area contributed by atoms with Crippen LogP contribution < -0.4 is 11.1 Å². The van der Waals surface area contributed by atoms with E-state index in [2.05, 4.69) is 5.32 Å². The Kier molecular flexibility index (Phi) is 4.74. The first-order valence-electron chi connectivity index (χ1n) is 6.92. The molecule has 1 aliphatic rings. The number of nitrogens with one attached hydrogen (secondary N) is 1. The van der Waals surface area contributed by atoms with Crippen molar-refractivity contribution in [2.45, 2.75) is 19.4 Å². The van der Waals surface area contributed by atoms with Gasteiger partial charge < -0.3 is 16.0 Å². The van der Waals surface area contributed by atoms with E-state index in [0.717, 1.165) is 31.5 Å². The normalized spacial score (nSPS) is 18.6. The summed E-state index contributed by atoms with van der Waals surface area (Å²) in [5, 5.41) is 3.26. The van der Waals surface area contributed by atoms with Crippen LogP contribution in [-0.2, 0) is 11.3 Å². The second-order valence-corrected chi connectivity index (χ2v) is 5.30. The fraction of sp³-hybridized carbons (Fsp3) is 0.467. The third kappa shape index (κ3) is 3.57. The molecule has 0 bridgehead atoms. The summed E-state index contributed by atoms with van der Waals surface area (Å²) in [6, 6.07) is 7.06. The van der Waals surface area contributed by atoms with Crippen molar-refractivity contribution >= 4 is 11.8 Å². The van der Waals surface area contributed by atoms with E-state index >= 15 is 0 Å². The van der Waals surface area contributed by atoms with E-state index in [4.69, 9.17) is 5.73 Å². The van der Waals surface area contributed by atoms with Gasteiger partial charge in [-0.15, -0.1) is 0 Å². The van der Waals surface area contributed by atoms with Crippen LogP contribution in [0.3, 0.4) is 0 Å². The summed E-state index contributed by atoms with van der Waals surface area (Å²) in [5.74, 6) is -0.177. The number of rotatable bonds is 4. The number of primary amides is 1. The molecule has 1 fully saturated rings. The molecule has 2 rings (SSSR count). The monoisotopic (exact) mass is 275 g/mol. The summed E-state index contributed by atoms with van der Waals surface area (Å²) in [6.07, 6.45) is 2.01. The molecule has 0 unspecified atom stereocenters. The van der Waals surface area contributed by atoms with E-state index in [0.29, 0.717) is 12.1 Å². The molecule has 108 valence electrons. The summed E-state index contributed by atoms with van der Waals surface area (Å²) < 4.78 is 0. The maximum atomic E-state index is 12.3. The van der Waals surface area contributed by atoms with E-state index in [9.17, 15) is 9.59 Å². The molecular formula is C15H21N3O2. The van der Waals surface area contributed by atoms with E-state index < -0.39 is 5.91 Å².